The smallest absolute Gasteiger partial charge is 0.373 e. The molecule has 1 aromatic rings. The maximum atomic E-state index is 11.7. The second-order valence-electron chi connectivity index (χ2n) is 3.91. The van der Waals surface area contributed by atoms with Crippen molar-refractivity contribution in [2.45, 2.75) is 20.8 Å². The van der Waals surface area contributed by atoms with Gasteiger partial charge >= 0.3 is 5.97 Å². The topological polar surface area (TPSA) is 44.8 Å². The van der Waals surface area contributed by atoms with E-state index in [0.717, 1.165) is 11.1 Å². The Balaban J connectivity index is 2.61. The van der Waals surface area contributed by atoms with Crippen LogP contribution < -0.4 is 0 Å². The molecule has 1 radical (unpaired) electrons. The Morgan fingerprint density at radius 3 is 2.59 bits per heavy atom. The molecule has 0 bridgehead atoms. The predicted molar refractivity (Wildman–Crippen MR) is 63.2 cm³/mol. The Kier molecular flexibility index (Phi) is 5.12. The summed E-state index contributed by atoms with van der Waals surface area (Å²) in [4.78, 5) is 21.3. The largest absolute Gasteiger partial charge is 0.381 e. The molecule has 0 atom stereocenters. The number of rotatable bonds is 5. The molecular weight excluding hydrogens is 220 g/mol. The van der Waals surface area contributed by atoms with E-state index in [9.17, 15) is 4.79 Å². The van der Waals surface area contributed by atoms with E-state index in [0.29, 0.717) is 18.3 Å². The van der Waals surface area contributed by atoms with Gasteiger partial charge in [-0.15, -0.1) is 0 Å². The average molecular weight is 237 g/mol. The summed E-state index contributed by atoms with van der Waals surface area (Å²) in [6.45, 7) is 5.74. The summed E-state index contributed by atoms with van der Waals surface area (Å²) >= 11 is 0. The van der Waals surface area contributed by atoms with Crippen molar-refractivity contribution >= 4 is 5.97 Å². The number of carbonyl (C=O) groups excluding carboxylic acids is 1. The zero-order chi connectivity index (χ0) is 12.8. The fraction of sp³-hybridized carbons (Fsp3) is 0.385. The van der Waals surface area contributed by atoms with Gasteiger partial charge in [0, 0.05) is 7.11 Å². The molecule has 0 aliphatic carbocycles. The summed E-state index contributed by atoms with van der Waals surface area (Å²) in [5.41, 5.74) is 2.36. The van der Waals surface area contributed by atoms with Gasteiger partial charge in [0.05, 0.1) is 12.2 Å². The first-order valence-corrected chi connectivity index (χ1v) is 5.32. The van der Waals surface area contributed by atoms with Gasteiger partial charge in [-0.2, -0.15) is 4.89 Å². The first-order valence-electron chi connectivity index (χ1n) is 5.32. The van der Waals surface area contributed by atoms with Gasteiger partial charge in [-0.25, -0.2) is 4.79 Å². The molecule has 0 heterocycles. The van der Waals surface area contributed by atoms with Crippen LogP contribution in [0.4, 0.5) is 0 Å². The van der Waals surface area contributed by atoms with Crippen molar-refractivity contribution in [3.63, 3.8) is 0 Å². The molecule has 0 spiro atoms. The second-order valence-corrected chi connectivity index (χ2v) is 3.91. The van der Waals surface area contributed by atoms with Crippen molar-refractivity contribution < 1.29 is 19.3 Å². The van der Waals surface area contributed by atoms with Gasteiger partial charge in [0.2, 0.25) is 0 Å². The Morgan fingerprint density at radius 1 is 1.24 bits per heavy atom. The van der Waals surface area contributed by atoms with E-state index in [2.05, 4.69) is 0 Å². The van der Waals surface area contributed by atoms with Gasteiger partial charge in [-0.3, -0.25) is 4.89 Å². The second kappa shape index (κ2) is 6.37. The first kappa shape index (κ1) is 13.7. The lowest BCUT2D eigenvalue weighted by Crippen LogP contribution is -2.12. The zero-order valence-corrected chi connectivity index (χ0v) is 10.6. The van der Waals surface area contributed by atoms with E-state index in [1.54, 1.807) is 20.1 Å². The Labute approximate surface area is 101 Å². The lowest BCUT2D eigenvalue weighted by molar-refractivity contribution is -0.237. The number of hydrogen-bond donors (Lipinski definition) is 0. The lowest BCUT2D eigenvalue weighted by Gasteiger charge is -2.10. The molecule has 93 valence electrons. The van der Waals surface area contributed by atoms with E-state index in [-0.39, 0.29) is 0 Å². The standard InChI is InChI=1S/C13H17O4/c1-9-5-6-10(2)12(7-9)13(14)17-16-11(3)8-15-4/h5-7H,8H2,1-4H3. The third-order valence-corrected chi connectivity index (χ3v) is 2.22. The highest BCUT2D eigenvalue weighted by atomic mass is 17.2. The molecule has 0 aliphatic rings. The van der Waals surface area contributed by atoms with E-state index in [1.807, 2.05) is 26.0 Å². The number of benzene rings is 1. The Morgan fingerprint density at radius 2 is 1.94 bits per heavy atom. The first-order chi connectivity index (χ1) is 8.04. The fourth-order valence-electron chi connectivity index (χ4n) is 1.34. The third kappa shape index (κ3) is 4.17. The molecule has 0 N–H and O–H groups in total. The van der Waals surface area contributed by atoms with Crippen molar-refractivity contribution in [3.8, 4) is 0 Å². The highest BCUT2D eigenvalue weighted by molar-refractivity contribution is 5.90. The number of aryl methyl sites for hydroxylation is 2. The molecule has 0 fully saturated rings. The predicted octanol–water partition coefficient (Wildman–Crippen LogP) is 2.59. The summed E-state index contributed by atoms with van der Waals surface area (Å²) in [7, 11) is 1.54. The van der Waals surface area contributed by atoms with Gasteiger partial charge < -0.3 is 4.74 Å². The van der Waals surface area contributed by atoms with Crippen molar-refractivity contribution in [1.29, 1.82) is 0 Å². The van der Waals surface area contributed by atoms with E-state index in [1.165, 1.54) is 0 Å². The van der Waals surface area contributed by atoms with Crippen molar-refractivity contribution in [1.82, 2.24) is 0 Å². The molecule has 1 aromatic carbocycles. The molecule has 0 aromatic heterocycles. The van der Waals surface area contributed by atoms with Gasteiger partial charge in [0.15, 0.2) is 6.10 Å². The Bertz CT molecular complexity index is 387. The Hall–Kier alpha value is -1.39. The molecule has 0 unspecified atom stereocenters. The van der Waals surface area contributed by atoms with E-state index >= 15 is 0 Å². The van der Waals surface area contributed by atoms with Crippen molar-refractivity contribution in [3.05, 3.63) is 41.0 Å². The van der Waals surface area contributed by atoms with Gasteiger partial charge in [-0.1, -0.05) is 17.7 Å². The van der Waals surface area contributed by atoms with Crippen molar-refractivity contribution in [2.75, 3.05) is 13.7 Å². The molecule has 0 saturated carbocycles. The fourth-order valence-corrected chi connectivity index (χ4v) is 1.34. The van der Waals surface area contributed by atoms with Crippen LogP contribution in [0.5, 0.6) is 0 Å². The van der Waals surface area contributed by atoms with E-state index < -0.39 is 5.97 Å². The number of methoxy groups -OCH3 is 1. The van der Waals surface area contributed by atoms with Gasteiger partial charge in [0.25, 0.3) is 0 Å². The number of ether oxygens (including phenoxy) is 1. The van der Waals surface area contributed by atoms with Crippen LogP contribution in [0, 0.1) is 20.0 Å². The summed E-state index contributed by atoms with van der Waals surface area (Å²) in [5.74, 6) is -0.498. The maximum Gasteiger partial charge on any atom is 0.373 e. The van der Waals surface area contributed by atoms with Crippen LogP contribution in [0.3, 0.4) is 0 Å². The average Bonchev–Trinajstić information content (AvgIpc) is 2.29. The minimum absolute atomic E-state index is 0.292. The third-order valence-electron chi connectivity index (χ3n) is 2.22. The monoisotopic (exact) mass is 237 g/mol. The molecule has 0 saturated heterocycles. The van der Waals surface area contributed by atoms with Crippen molar-refractivity contribution in [2.24, 2.45) is 0 Å². The van der Waals surface area contributed by atoms with Crippen LogP contribution in [-0.2, 0) is 14.5 Å². The highest BCUT2D eigenvalue weighted by Gasteiger charge is 2.14. The van der Waals surface area contributed by atoms with Crippen LogP contribution in [0.15, 0.2) is 18.2 Å². The molecular formula is C13H17O4. The van der Waals surface area contributed by atoms with Crippen LogP contribution in [-0.4, -0.2) is 19.7 Å². The molecule has 0 aliphatic heterocycles. The zero-order valence-electron chi connectivity index (χ0n) is 10.6. The molecule has 4 nitrogen and oxygen atoms in total. The molecule has 17 heavy (non-hydrogen) atoms. The number of hydrogen-bond acceptors (Lipinski definition) is 4. The van der Waals surface area contributed by atoms with Crippen LogP contribution in [0.1, 0.15) is 28.4 Å². The SMILES string of the molecule is COC[C](C)OOC(=O)c1cc(C)ccc1C. The summed E-state index contributed by atoms with van der Waals surface area (Å²) in [5, 5.41) is 0. The molecule has 0 amide bonds. The quantitative estimate of drug-likeness (QED) is 0.583. The van der Waals surface area contributed by atoms with E-state index in [4.69, 9.17) is 14.5 Å². The minimum Gasteiger partial charge on any atom is -0.381 e. The van der Waals surface area contributed by atoms with Crippen LogP contribution >= 0.6 is 0 Å². The minimum atomic E-state index is -0.498. The van der Waals surface area contributed by atoms with Crippen LogP contribution in [0.25, 0.3) is 0 Å². The van der Waals surface area contributed by atoms with Gasteiger partial charge in [-0.05, 0) is 32.4 Å². The maximum absolute atomic E-state index is 11.7. The summed E-state index contributed by atoms with van der Waals surface area (Å²) in [6, 6.07) is 5.58. The van der Waals surface area contributed by atoms with Crippen LogP contribution in [0.2, 0.25) is 0 Å². The molecule has 4 heteroatoms. The summed E-state index contributed by atoms with van der Waals surface area (Å²) < 4.78 is 4.83. The van der Waals surface area contributed by atoms with Gasteiger partial charge in [0.1, 0.15) is 0 Å². The number of carbonyl (C=O) groups is 1. The highest BCUT2D eigenvalue weighted by Crippen LogP contribution is 2.13. The molecule has 1 rings (SSSR count). The lowest BCUT2D eigenvalue weighted by atomic mass is 10.1. The normalized spacial score (nSPS) is 10.6. The summed E-state index contributed by atoms with van der Waals surface area (Å²) in [6.07, 6.45) is 0.492.